The van der Waals surface area contributed by atoms with E-state index in [1.165, 1.54) is 12.8 Å². The number of carbonyl (C=O) groups is 2. The molecule has 2 amide bonds. The van der Waals surface area contributed by atoms with Gasteiger partial charge >= 0.3 is 0 Å². The van der Waals surface area contributed by atoms with E-state index in [1.54, 1.807) is 0 Å². The average molecular weight is 445 g/mol. The van der Waals surface area contributed by atoms with E-state index in [2.05, 4.69) is 22.0 Å². The van der Waals surface area contributed by atoms with Crippen molar-refractivity contribution in [2.75, 3.05) is 0 Å². The van der Waals surface area contributed by atoms with Gasteiger partial charge in [-0.2, -0.15) is 0 Å². The first-order valence-corrected chi connectivity index (χ1v) is 12.5. The standard InChI is InChI=1S/C27H32N4O2/c1-27(26(33)28-19-10-2-3-11-19)18-30-22-15-7-6-14-21(22)23(29-16-8-9-17-29)24(30)25(32)31(27)20-12-4-5-13-20/h6-9,14-17,19-20H,2-5,10-13,18H2,1H3,(H,28,33)/t27-/m1/s1. The molecule has 172 valence electrons. The first-order valence-electron chi connectivity index (χ1n) is 12.5. The van der Waals surface area contributed by atoms with Crippen molar-refractivity contribution >= 4 is 22.7 Å². The summed E-state index contributed by atoms with van der Waals surface area (Å²) in [6, 6.07) is 12.5. The average Bonchev–Trinajstić information content (AvgIpc) is 3.61. The Hall–Kier alpha value is -3.02. The smallest absolute Gasteiger partial charge is 0.273 e. The highest BCUT2D eigenvalue weighted by Crippen LogP contribution is 2.41. The number of para-hydroxylation sites is 1. The molecule has 1 N–H and O–H groups in total. The zero-order chi connectivity index (χ0) is 22.6. The largest absolute Gasteiger partial charge is 0.351 e. The SMILES string of the molecule is C[C@]1(C(=O)NC2CCCC2)Cn2c(c(-n3cccc3)c3ccccc32)C(=O)N1C1CCCC1. The van der Waals surface area contributed by atoms with Crippen LogP contribution < -0.4 is 5.32 Å². The summed E-state index contributed by atoms with van der Waals surface area (Å²) in [4.78, 5) is 30.2. The van der Waals surface area contributed by atoms with Crippen molar-refractivity contribution in [1.82, 2.24) is 19.4 Å². The lowest BCUT2D eigenvalue weighted by Crippen LogP contribution is -2.67. The second-order valence-corrected chi connectivity index (χ2v) is 10.2. The van der Waals surface area contributed by atoms with Gasteiger partial charge in [-0.05, 0) is 50.8 Å². The Morgan fingerprint density at radius 3 is 2.36 bits per heavy atom. The van der Waals surface area contributed by atoms with Crippen LogP contribution in [0, 0.1) is 0 Å². The summed E-state index contributed by atoms with van der Waals surface area (Å²) in [5.41, 5.74) is 1.72. The third kappa shape index (κ3) is 3.14. The van der Waals surface area contributed by atoms with E-state index in [-0.39, 0.29) is 23.9 Å². The molecule has 6 rings (SSSR count). The van der Waals surface area contributed by atoms with Crippen molar-refractivity contribution in [2.45, 2.75) is 82.5 Å². The predicted molar refractivity (Wildman–Crippen MR) is 128 cm³/mol. The number of hydrogen-bond donors (Lipinski definition) is 1. The van der Waals surface area contributed by atoms with Gasteiger partial charge in [-0.1, -0.05) is 43.9 Å². The minimum Gasteiger partial charge on any atom is -0.351 e. The van der Waals surface area contributed by atoms with Gasteiger partial charge in [0.05, 0.1) is 17.7 Å². The summed E-state index contributed by atoms with van der Waals surface area (Å²) in [6.45, 7) is 2.46. The van der Waals surface area contributed by atoms with Crippen molar-refractivity contribution in [3.8, 4) is 5.69 Å². The van der Waals surface area contributed by atoms with E-state index in [9.17, 15) is 9.59 Å². The first-order chi connectivity index (χ1) is 16.1. The molecule has 1 aliphatic heterocycles. The van der Waals surface area contributed by atoms with Crippen molar-refractivity contribution < 1.29 is 9.59 Å². The molecule has 6 nitrogen and oxygen atoms in total. The molecular weight excluding hydrogens is 412 g/mol. The highest BCUT2D eigenvalue weighted by Gasteiger charge is 2.52. The molecule has 33 heavy (non-hydrogen) atoms. The Morgan fingerprint density at radius 1 is 0.970 bits per heavy atom. The van der Waals surface area contributed by atoms with Crippen LogP contribution in [0.15, 0.2) is 48.8 Å². The minimum atomic E-state index is -0.905. The van der Waals surface area contributed by atoms with Gasteiger partial charge in [-0.25, -0.2) is 0 Å². The second kappa shape index (κ2) is 7.79. The van der Waals surface area contributed by atoms with E-state index in [1.807, 2.05) is 53.0 Å². The molecule has 0 radical (unpaired) electrons. The number of aromatic nitrogens is 2. The van der Waals surface area contributed by atoms with E-state index in [4.69, 9.17) is 0 Å². The third-order valence-corrected chi connectivity index (χ3v) is 8.10. The Kier molecular flexibility index (Phi) is 4.86. The number of benzene rings is 1. The summed E-state index contributed by atoms with van der Waals surface area (Å²) in [7, 11) is 0. The van der Waals surface area contributed by atoms with Crippen molar-refractivity contribution in [2.24, 2.45) is 0 Å². The van der Waals surface area contributed by atoms with Gasteiger partial charge in [0.2, 0.25) is 5.91 Å². The molecule has 1 aromatic carbocycles. The Bertz CT molecular complexity index is 1200. The van der Waals surface area contributed by atoms with Crippen LogP contribution in [-0.4, -0.2) is 43.5 Å². The van der Waals surface area contributed by atoms with Gasteiger partial charge in [-0.15, -0.1) is 0 Å². The molecule has 6 heteroatoms. The van der Waals surface area contributed by atoms with Crippen LogP contribution in [0.1, 0.15) is 68.8 Å². The number of amides is 2. The Balaban J connectivity index is 1.52. The fourth-order valence-corrected chi connectivity index (χ4v) is 6.46. The van der Waals surface area contributed by atoms with E-state index in [0.717, 1.165) is 55.1 Å². The second-order valence-electron chi connectivity index (χ2n) is 10.2. The van der Waals surface area contributed by atoms with Crippen LogP contribution in [-0.2, 0) is 11.3 Å². The van der Waals surface area contributed by atoms with Crippen LogP contribution in [0.2, 0.25) is 0 Å². The molecular formula is C27H32N4O2. The van der Waals surface area contributed by atoms with E-state index in [0.29, 0.717) is 12.2 Å². The fourth-order valence-electron chi connectivity index (χ4n) is 6.46. The Labute approximate surface area is 194 Å². The van der Waals surface area contributed by atoms with Crippen LogP contribution in [0.25, 0.3) is 16.6 Å². The van der Waals surface area contributed by atoms with Crippen LogP contribution in [0.4, 0.5) is 0 Å². The summed E-state index contributed by atoms with van der Waals surface area (Å²) in [5.74, 6) is -0.0160. The molecule has 2 fully saturated rings. The molecule has 2 aliphatic carbocycles. The van der Waals surface area contributed by atoms with Gasteiger partial charge in [0, 0.05) is 29.9 Å². The van der Waals surface area contributed by atoms with Crippen LogP contribution in [0.5, 0.6) is 0 Å². The zero-order valence-corrected chi connectivity index (χ0v) is 19.3. The monoisotopic (exact) mass is 444 g/mol. The molecule has 3 heterocycles. The molecule has 0 bridgehead atoms. The van der Waals surface area contributed by atoms with E-state index >= 15 is 0 Å². The number of nitrogens with one attached hydrogen (secondary N) is 1. The number of fused-ring (bicyclic) bond motifs is 3. The van der Waals surface area contributed by atoms with E-state index < -0.39 is 5.54 Å². The molecule has 0 saturated heterocycles. The summed E-state index contributed by atoms with van der Waals surface area (Å²) in [6.07, 6.45) is 12.6. The van der Waals surface area contributed by atoms with Gasteiger partial charge < -0.3 is 19.4 Å². The van der Waals surface area contributed by atoms with Crippen molar-refractivity contribution in [3.63, 3.8) is 0 Å². The van der Waals surface area contributed by atoms with Gasteiger partial charge in [0.25, 0.3) is 5.91 Å². The summed E-state index contributed by atoms with van der Waals surface area (Å²) < 4.78 is 4.15. The lowest BCUT2D eigenvalue weighted by molar-refractivity contribution is -0.135. The van der Waals surface area contributed by atoms with Crippen molar-refractivity contribution in [1.29, 1.82) is 0 Å². The summed E-state index contributed by atoms with van der Waals surface area (Å²) in [5, 5.41) is 4.37. The molecule has 3 aromatic rings. The number of nitrogens with zero attached hydrogens (tertiary/aromatic N) is 3. The maximum Gasteiger partial charge on any atom is 0.273 e. The highest BCUT2D eigenvalue weighted by molar-refractivity contribution is 6.09. The normalized spacial score (nSPS) is 24.0. The van der Waals surface area contributed by atoms with Gasteiger partial charge in [0.1, 0.15) is 11.2 Å². The lowest BCUT2D eigenvalue weighted by Gasteiger charge is -2.47. The molecule has 2 saturated carbocycles. The molecule has 0 unspecified atom stereocenters. The molecule has 1 atom stereocenters. The first kappa shape index (κ1) is 20.6. The topological polar surface area (TPSA) is 59.3 Å². The van der Waals surface area contributed by atoms with Crippen LogP contribution >= 0.6 is 0 Å². The summed E-state index contributed by atoms with van der Waals surface area (Å²) >= 11 is 0. The quantitative estimate of drug-likeness (QED) is 0.637. The Morgan fingerprint density at radius 2 is 1.64 bits per heavy atom. The van der Waals surface area contributed by atoms with Crippen molar-refractivity contribution in [3.05, 3.63) is 54.5 Å². The van der Waals surface area contributed by atoms with Gasteiger partial charge in [-0.3, -0.25) is 9.59 Å². The number of rotatable bonds is 4. The molecule has 0 spiro atoms. The number of carbonyl (C=O) groups excluding carboxylic acids is 2. The molecule has 3 aliphatic rings. The maximum atomic E-state index is 14.4. The minimum absolute atomic E-state index is 0.000551. The highest BCUT2D eigenvalue weighted by atomic mass is 16.2. The van der Waals surface area contributed by atoms with Crippen LogP contribution in [0.3, 0.4) is 0 Å². The maximum absolute atomic E-state index is 14.4. The predicted octanol–water partition coefficient (Wildman–Crippen LogP) is 4.65. The number of hydrogen-bond acceptors (Lipinski definition) is 2. The lowest BCUT2D eigenvalue weighted by atomic mass is 9.91. The molecule has 2 aromatic heterocycles. The fraction of sp³-hybridized carbons (Fsp3) is 0.481. The zero-order valence-electron chi connectivity index (χ0n) is 19.3. The third-order valence-electron chi connectivity index (χ3n) is 8.10. The van der Waals surface area contributed by atoms with Gasteiger partial charge in [0.15, 0.2) is 0 Å².